The van der Waals surface area contributed by atoms with Crippen LogP contribution in [0.1, 0.15) is 26.7 Å². The van der Waals surface area contributed by atoms with E-state index in [1.807, 2.05) is 32.1 Å². The van der Waals surface area contributed by atoms with Crippen molar-refractivity contribution in [2.24, 2.45) is 0 Å². The van der Waals surface area contributed by atoms with Crippen LogP contribution in [0.25, 0.3) is 0 Å². The van der Waals surface area contributed by atoms with Gasteiger partial charge in [-0.2, -0.15) is 0 Å². The van der Waals surface area contributed by atoms with Gasteiger partial charge in [-0.25, -0.2) is 0 Å². The Bertz CT molecular complexity index is 232. The largest absolute Gasteiger partial charge is 0.357 e. The van der Waals surface area contributed by atoms with Crippen LogP contribution in [0.15, 0.2) is 23.8 Å². The topological polar surface area (TPSA) is 27.1 Å². The smallest absolute Gasteiger partial charge is 0.120 e. The van der Waals surface area contributed by atoms with E-state index < -0.39 is 0 Å². The lowest BCUT2D eigenvalue weighted by Crippen LogP contribution is -2.24. The van der Waals surface area contributed by atoms with Crippen molar-refractivity contribution in [3.05, 3.63) is 23.8 Å². The summed E-state index contributed by atoms with van der Waals surface area (Å²) in [5.74, 6) is 0.652. The molecule has 1 fully saturated rings. The van der Waals surface area contributed by atoms with Crippen LogP contribution in [0.3, 0.4) is 0 Å². The van der Waals surface area contributed by atoms with E-state index in [1.165, 1.54) is 18.4 Å². The molecule has 0 atom stereocenters. The van der Waals surface area contributed by atoms with Gasteiger partial charge in [-0.1, -0.05) is 17.7 Å². The summed E-state index contributed by atoms with van der Waals surface area (Å²) in [7, 11) is 0. The minimum Gasteiger partial charge on any atom is -0.357 e. The molecule has 1 saturated heterocycles. The molecule has 0 amide bonds. The van der Waals surface area contributed by atoms with Gasteiger partial charge in [0.1, 0.15) is 5.84 Å². The summed E-state index contributed by atoms with van der Waals surface area (Å²) in [5.41, 5.74) is 1.21. The molecule has 13 heavy (non-hydrogen) atoms. The fraction of sp³-hybridized carbons (Fsp3) is 0.545. The zero-order chi connectivity index (χ0) is 9.68. The predicted molar refractivity (Wildman–Crippen MR) is 57.1 cm³/mol. The number of rotatable bonds is 2. The molecule has 0 saturated carbocycles. The lowest BCUT2D eigenvalue weighted by molar-refractivity contribution is 0.519. The Kier molecular flexibility index (Phi) is 3.74. The number of hydrogen-bond acceptors (Lipinski definition) is 1. The molecule has 0 aromatic carbocycles. The summed E-state index contributed by atoms with van der Waals surface area (Å²) in [6, 6.07) is 0. The molecule has 1 aliphatic rings. The van der Waals surface area contributed by atoms with Crippen molar-refractivity contribution < 1.29 is 0 Å². The molecule has 2 heteroatoms. The second kappa shape index (κ2) is 4.85. The fourth-order valence-corrected chi connectivity index (χ4v) is 1.37. The van der Waals surface area contributed by atoms with Crippen molar-refractivity contribution in [2.75, 3.05) is 13.1 Å². The number of hydrogen-bond donors (Lipinski definition) is 1. The van der Waals surface area contributed by atoms with Crippen LogP contribution < -0.4 is 0 Å². The first-order valence-corrected chi connectivity index (χ1v) is 4.88. The maximum Gasteiger partial charge on any atom is 0.120 e. The molecule has 0 aliphatic carbocycles. The van der Waals surface area contributed by atoms with E-state index in [4.69, 9.17) is 5.41 Å². The first-order chi connectivity index (χ1) is 6.24. The summed E-state index contributed by atoms with van der Waals surface area (Å²) >= 11 is 0. The fourth-order valence-electron chi connectivity index (χ4n) is 1.37. The second-order valence-corrected chi connectivity index (χ2v) is 3.45. The quantitative estimate of drug-likeness (QED) is 0.393. The third-order valence-corrected chi connectivity index (χ3v) is 2.41. The molecular weight excluding hydrogens is 160 g/mol. The first kappa shape index (κ1) is 10.0. The van der Waals surface area contributed by atoms with Crippen LogP contribution >= 0.6 is 0 Å². The molecule has 0 aromatic rings. The van der Waals surface area contributed by atoms with Crippen LogP contribution in [-0.2, 0) is 0 Å². The molecule has 2 nitrogen and oxygen atoms in total. The molecule has 1 aliphatic heterocycles. The normalized spacial score (nSPS) is 18.6. The van der Waals surface area contributed by atoms with Crippen LogP contribution in [0.2, 0.25) is 0 Å². The van der Waals surface area contributed by atoms with E-state index in [2.05, 4.69) is 4.90 Å². The molecule has 0 spiro atoms. The monoisotopic (exact) mass is 178 g/mol. The summed E-state index contributed by atoms with van der Waals surface area (Å²) in [6.07, 6.45) is 8.41. The van der Waals surface area contributed by atoms with Gasteiger partial charge in [0.25, 0.3) is 0 Å². The third kappa shape index (κ3) is 3.05. The molecule has 0 radical (unpaired) electrons. The van der Waals surface area contributed by atoms with E-state index in [0.29, 0.717) is 5.84 Å². The highest BCUT2D eigenvalue weighted by Gasteiger charge is 2.11. The van der Waals surface area contributed by atoms with Crippen molar-refractivity contribution in [3.8, 4) is 0 Å². The van der Waals surface area contributed by atoms with Crippen molar-refractivity contribution >= 4 is 5.84 Å². The van der Waals surface area contributed by atoms with Gasteiger partial charge in [0.2, 0.25) is 0 Å². The van der Waals surface area contributed by atoms with Crippen LogP contribution in [-0.4, -0.2) is 23.8 Å². The molecule has 1 N–H and O–H groups in total. The minimum atomic E-state index is 0.652. The standard InChI is InChI=1S/C11H18N2/c1-3-10(2)6-7-11(12)13-8-4-5-9-13/h3,6-7,12H,4-5,8-9H2,1-2H3/b7-6-,10-3-,12-11?. The van der Waals surface area contributed by atoms with E-state index >= 15 is 0 Å². The van der Waals surface area contributed by atoms with E-state index in [0.717, 1.165) is 13.1 Å². The highest BCUT2D eigenvalue weighted by molar-refractivity contribution is 5.90. The third-order valence-electron chi connectivity index (χ3n) is 2.41. The van der Waals surface area contributed by atoms with Crippen molar-refractivity contribution in [3.63, 3.8) is 0 Å². The maximum absolute atomic E-state index is 7.77. The Morgan fingerprint density at radius 2 is 1.85 bits per heavy atom. The molecular formula is C11H18N2. The molecule has 1 rings (SSSR count). The van der Waals surface area contributed by atoms with Gasteiger partial charge in [-0.05, 0) is 32.8 Å². The first-order valence-electron chi connectivity index (χ1n) is 4.88. The van der Waals surface area contributed by atoms with E-state index in [9.17, 15) is 0 Å². The van der Waals surface area contributed by atoms with Gasteiger partial charge in [-0.15, -0.1) is 0 Å². The zero-order valence-electron chi connectivity index (χ0n) is 8.51. The van der Waals surface area contributed by atoms with Gasteiger partial charge in [0.15, 0.2) is 0 Å². The van der Waals surface area contributed by atoms with Gasteiger partial charge in [0.05, 0.1) is 0 Å². The highest BCUT2D eigenvalue weighted by Crippen LogP contribution is 2.08. The number of nitrogens with zero attached hydrogens (tertiary/aromatic N) is 1. The molecule has 0 unspecified atom stereocenters. The SMILES string of the molecule is C/C=C(C)\C=C/C(=N)N1CCCC1. The number of likely N-dealkylation sites (tertiary alicyclic amines) is 1. The average molecular weight is 178 g/mol. The summed E-state index contributed by atoms with van der Waals surface area (Å²) in [6.45, 7) is 6.17. The molecule has 72 valence electrons. The average Bonchev–Trinajstić information content (AvgIpc) is 2.66. The summed E-state index contributed by atoms with van der Waals surface area (Å²) in [4.78, 5) is 2.12. The van der Waals surface area contributed by atoms with E-state index in [1.54, 1.807) is 0 Å². The van der Waals surface area contributed by atoms with Gasteiger partial charge >= 0.3 is 0 Å². The van der Waals surface area contributed by atoms with Crippen molar-refractivity contribution in [1.29, 1.82) is 5.41 Å². The van der Waals surface area contributed by atoms with Crippen LogP contribution in [0, 0.1) is 5.41 Å². The number of amidine groups is 1. The Labute approximate surface area is 80.4 Å². The Hall–Kier alpha value is -1.05. The van der Waals surface area contributed by atoms with Crippen LogP contribution in [0.5, 0.6) is 0 Å². The molecule has 1 heterocycles. The lowest BCUT2D eigenvalue weighted by atomic mass is 10.2. The van der Waals surface area contributed by atoms with Crippen molar-refractivity contribution in [2.45, 2.75) is 26.7 Å². The van der Waals surface area contributed by atoms with Gasteiger partial charge in [0, 0.05) is 13.1 Å². The lowest BCUT2D eigenvalue weighted by Gasteiger charge is -2.14. The van der Waals surface area contributed by atoms with Crippen LogP contribution in [0.4, 0.5) is 0 Å². The number of nitrogens with one attached hydrogen (secondary N) is 1. The molecule has 0 bridgehead atoms. The van der Waals surface area contributed by atoms with Gasteiger partial charge < -0.3 is 4.90 Å². The Morgan fingerprint density at radius 1 is 1.23 bits per heavy atom. The Balaban J connectivity index is 2.44. The minimum absolute atomic E-state index is 0.652. The summed E-state index contributed by atoms with van der Waals surface area (Å²) < 4.78 is 0. The Morgan fingerprint density at radius 3 is 2.38 bits per heavy atom. The predicted octanol–water partition coefficient (Wildman–Crippen LogP) is 2.58. The number of allylic oxidation sites excluding steroid dienone is 3. The van der Waals surface area contributed by atoms with Crippen molar-refractivity contribution in [1.82, 2.24) is 4.90 Å². The zero-order valence-corrected chi connectivity index (χ0v) is 8.51. The highest BCUT2D eigenvalue weighted by atomic mass is 15.2. The van der Waals surface area contributed by atoms with E-state index in [-0.39, 0.29) is 0 Å². The van der Waals surface area contributed by atoms with Gasteiger partial charge in [-0.3, -0.25) is 5.41 Å². The second-order valence-electron chi connectivity index (χ2n) is 3.45. The maximum atomic E-state index is 7.77. The molecule has 0 aromatic heterocycles. The summed E-state index contributed by atoms with van der Waals surface area (Å²) in [5, 5.41) is 7.77.